The summed E-state index contributed by atoms with van der Waals surface area (Å²) in [6.45, 7) is 9.98. The summed E-state index contributed by atoms with van der Waals surface area (Å²) in [5.74, 6) is 1.08. The standard InChI is InChI=1S/C18H32N4O/c1-12(2)11-22-14(4)16(13(3)21-22)9-18(23)20-17-8-6-5-7-15(17)10-19/h12,15,17H,5-11,19H2,1-4H3,(H,20,23). The molecule has 0 spiro atoms. The Hall–Kier alpha value is -1.36. The van der Waals surface area contributed by atoms with Crippen LogP contribution in [0.2, 0.25) is 0 Å². The Balaban J connectivity index is 2.01. The molecule has 0 aliphatic heterocycles. The Morgan fingerprint density at radius 1 is 1.35 bits per heavy atom. The molecule has 1 aromatic heterocycles. The zero-order chi connectivity index (χ0) is 17.0. The zero-order valence-electron chi connectivity index (χ0n) is 15.1. The Bertz CT molecular complexity index is 535. The molecule has 23 heavy (non-hydrogen) atoms. The Labute approximate surface area is 140 Å². The number of aromatic nitrogens is 2. The summed E-state index contributed by atoms with van der Waals surface area (Å²) < 4.78 is 2.03. The molecule has 3 N–H and O–H groups in total. The van der Waals surface area contributed by atoms with Gasteiger partial charge in [-0.05, 0) is 45.1 Å². The van der Waals surface area contributed by atoms with Crippen LogP contribution in [0.1, 0.15) is 56.5 Å². The van der Waals surface area contributed by atoms with Gasteiger partial charge in [0.05, 0.1) is 12.1 Å². The summed E-state index contributed by atoms with van der Waals surface area (Å²) in [5.41, 5.74) is 9.01. The van der Waals surface area contributed by atoms with Crippen LogP contribution in [0.3, 0.4) is 0 Å². The first-order valence-electron chi connectivity index (χ1n) is 8.94. The second-order valence-corrected chi connectivity index (χ2v) is 7.36. The lowest BCUT2D eigenvalue weighted by atomic mass is 9.84. The van der Waals surface area contributed by atoms with Gasteiger partial charge < -0.3 is 11.1 Å². The van der Waals surface area contributed by atoms with Crippen molar-refractivity contribution in [1.29, 1.82) is 0 Å². The molecule has 0 radical (unpaired) electrons. The Morgan fingerprint density at radius 2 is 2.04 bits per heavy atom. The molecular weight excluding hydrogens is 288 g/mol. The first-order chi connectivity index (χ1) is 10.9. The van der Waals surface area contributed by atoms with E-state index in [1.807, 2.05) is 11.6 Å². The monoisotopic (exact) mass is 320 g/mol. The maximum atomic E-state index is 12.5. The molecule has 0 bridgehead atoms. The number of nitrogens with two attached hydrogens (primary N) is 1. The molecule has 2 unspecified atom stereocenters. The van der Waals surface area contributed by atoms with Gasteiger partial charge in [-0.1, -0.05) is 26.7 Å². The van der Waals surface area contributed by atoms with E-state index in [1.165, 1.54) is 12.8 Å². The molecule has 1 aliphatic carbocycles. The third-order valence-electron chi connectivity index (χ3n) is 4.96. The van der Waals surface area contributed by atoms with Gasteiger partial charge in [-0.3, -0.25) is 9.48 Å². The lowest BCUT2D eigenvalue weighted by molar-refractivity contribution is -0.121. The molecule has 0 aromatic carbocycles. The largest absolute Gasteiger partial charge is 0.353 e. The van der Waals surface area contributed by atoms with E-state index in [4.69, 9.17) is 5.73 Å². The van der Waals surface area contributed by atoms with Crippen molar-refractivity contribution in [3.8, 4) is 0 Å². The lowest BCUT2D eigenvalue weighted by Gasteiger charge is -2.31. The number of rotatable bonds is 6. The topological polar surface area (TPSA) is 72.9 Å². The minimum Gasteiger partial charge on any atom is -0.353 e. The summed E-state index contributed by atoms with van der Waals surface area (Å²) in [5, 5.41) is 7.81. The van der Waals surface area contributed by atoms with Crippen molar-refractivity contribution in [3.05, 3.63) is 17.0 Å². The predicted octanol–water partition coefficient (Wildman–Crippen LogP) is 2.33. The molecule has 1 aliphatic rings. The van der Waals surface area contributed by atoms with Gasteiger partial charge in [0, 0.05) is 23.8 Å². The molecule has 130 valence electrons. The van der Waals surface area contributed by atoms with Gasteiger partial charge in [0.15, 0.2) is 0 Å². The van der Waals surface area contributed by atoms with Crippen LogP contribution in [0.4, 0.5) is 0 Å². The van der Waals surface area contributed by atoms with E-state index in [-0.39, 0.29) is 11.9 Å². The fraction of sp³-hybridized carbons (Fsp3) is 0.778. The quantitative estimate of drug-likeness (QED) is 0.845. The number of hydrogen-bond acceptors (Lipinski definition) is 3. The fourth-order valence-electron chi connectivity index (χ4n) is 3.61. The van der Waals surface area contributed by atoms with Crippen LogP contribution in [0.15, 0.2) is 0 Å². The van der Waals surface area contributed by atoms with E-state index >= 15 is 0 Å². The lowest BCUT2D eigenvalue weighted by Crippen LogP contribution is -2.45. The number of carbonyl (C=O) groups excluding carboxylic acids is 1. The minimum absolute atomic E-state index is 0.102. The van der Waals surface area contributed by atoms with Crippen molar-refractivity contribution in [2.24, 2.45) is 17.6 Å². The maximum Gasteiger partial charge on any atom is 0.224 e. The molecule has 1 aromatic rings. The van der Waals surface area contributed by atoms with E-state index in [0.29, 0.717) is 24.8 Å². The van der Waals surface area contributed by atoms with Crippen molar-refractivity contribution >= 4 is 5.91 Å². The van der Waals surface area contributed by atoms with Crippen LogP contribution < -0.4 is 11.1 Å². The van der Waals surface area contributed by atoms with E-state index in [9.17, 15) is 4.79 Å². The van der Waals surface area contributed by atoms with E-state index in [0.717, 1.165) is 36.3 Å². The third kappa shape index (κ3) is 4.56. The highest BCUT2D eigenvalue weighted by Gasteiger charge is 2.26. The highest BCUT2D eigenvalue weighted by molar-refractivity contribution is 5.79. The molecule has 1 saturated carbocycles. The highest BCUT2D eigenvalue weighted by Crippen LogP contribution is 2.24. The normalized spacial score (nSPS) is 21.7. The summed E-state index contributed by atoms with van der Waals surface area (Å²) in [6, 6.07) is 0.243. The average molecular weight is 320 g/mol. The van der Waals surface area contributed by atoms with Crippen molar-refractivity contribution in [2.45, 2.75) is 72.4 Å². The fourth-order valence-corrected chi connectivity index (χ4v) is 3.61. The van der Waals surface area contributed by atoms with Crippen LogP contribution >= 0.6 is 0 Å². The van der Waals surface area contributed by atoms with Crippen LogP contribution in [0.5, 0.6) is 0 Å². The Morgan fingerprint density at radius 3 is 2.70 bits per heavy atom. The van der Waals surface area contributed by atoms with E-state index in [2.05, 4.69) is 31.2 Å². The summed E-state index contributed by atoms with van der Waals surface area (Å²) in [7, 11) is 0. The summed E-state index contributed by atoms with van der Waals surface area (Å²) >= 11 is 0. The van der Waals surface area contributed by atoms with Gasteiger partial charge in [0.25, 0.3) is 0 Å². The van der Waals surface area contributed by atoms with E-state index in [1.54, 1.807) is 0 Å². The first kappa shape index (κ1) is 18.0. The minimum atomic E-state index is 0.102. The van der Waals surface area contributed by atoms with Crippen LogP contribution in [0.25, 0.3) is 0 Å². The predicted molar refractivity (Wildman–Crippen MR) is 93.2 cm³/mol. The molecule has 0 saturated heterocycles. The van der Waals surface area contributed by atoms with Crippen molar-refractivity contribution < 1.29 is 4.79 Å². The second kappa shape index (κ2) is 7.95. The molecular formula is C18H32N4O. The molecule has 1 fully saturated rings. The summed E-state index contributed by atoms with van der Waals surface area (Å²) in [4.78, 5) is 12.5. The van der Waals surface area contributed by atoms with Gasteiger partial charge in [-0.2, -0.15) is 5.10 Å². The molecule has 1 heterocycles. The number of nitrogens with zero attached hydrogens (tertiary/aromatic N) is 2. The molecule has 1 amide bonds. The molecule has 2 rings (SSSR count). The third-order valence-corrected chi connectivity index (χ3v) is 4.96. The smallest absolute Gasteiger partial charge is 0.224 e. The van der Waals surface area contributed by atoms with Gasteiger partial charge in [0.2, 0.25) is 5.91 Å². The number of aryl methyl sites for hydroxylation is 1. The van der Waals surface area contributed by atoms with E-state index < -0.39 is 0 Å². The first-order valence-corrected chi connectivity index (χ1v) is 8.94. The van der Waals surface area contributed by atoms with Crippen LogP contribution in [0, 0.1) is 25.7 Å². The average Bonchev–Trinajstić information content (AvgIpc) is 2.74. The van der Waals surface area contributed by atoms with Crippen molar-refractivity contribution in [2.75, 3.05) is 6.54 Å². The van der Waals surface area contributed by atoms with Crippen LogP contribution in [-0.2, 0) is 17.8 Å². The van der Waals surface area contributed by atoms with Gasteiger partial charge in [-0.25, -0.2) is 0 Å². The molecule has 5 heteroatoms. The zero-order valence-corrected chi connectivity index (χ0v) is 15.1. The Kier molecular flexibility index (Phi) is 6.22. The van der Waals surface area contributed by atoms with Gasteiger partial charge >= 0.3 is 0 Å². The van der Waals surface area contributed by atoms with Gasteiger partial charge in [-0.15, -0.1) is 0 Å². The molecule has 5 nitrogen and oxygen atoms in total. The number of nitrogens with one attached hydrogen (secondary N) is 1. The van der Waals surface area contributed by atoms with Crippen molar-refractivity contribution in [3.63, 3.8) is 0 Å². The van der Waals surface area contributed by atoms with Crippen LogP contribution in [-0.4, -0.2) is 28.3 Å². The maximum absolute atomic E-state index is 12.5. The number of carbonyl (C=O) groups is 1. The SMILES string of the molecule is Cc1nn(CC(C)C)c(C)c1CC(=O)NC1CCCCC1CN. The number of hydrogen-bond donors (Lipinski definition) is 2. The molecule has 2 atom stereocenters. The van der Waals surface area contributed by atoms with Crippen molar-refractivity contribution in [1.82, 2.24) is 15.1 Å². The summed E-state index contributed by atoms with van der Waals surface area (Å²) in [6.07, 6.45) is 5.02. The van der Waals surface area contributed by atoms with Gasteiger partial charge in [0.1, 0.15) is 0 Å². The number of amides is 1. The highest BCUT2D eigenvalue weighted by atomic mass is 16.1. The second-order valence-electron chi connectivity index (χ2n) is 7.36.